The first-order chi connectivity index (χ1) is 30.5. The lowest BCUT2D eigenvalue weighted by atomic mass is 10.1. The number of hydrogen-bond acceptors (Lipinski definition) is 7. The van der Waals surface area contributed by atoms with E-state index in [0.717, 1.165) is 79.7 Å². The number of benzene rings is 3. The van der Waals surface area contributed by atoms with Crippen molar-refractivity contribution in [3.8, 4) is 37.8 Å². The van der Waals surface area contributed by atoms with E-state index >= 15 is 0 Å². The average molecular weight is 873 g/mol. The highest BCUT2D eigenvalue weighted by Crippen LogP contribution is 2.41. The fraction of sp³-hybridized carbons (Fsp3) is 0.444. The summed E-state index contributed by atoms with van der Waals surface area (Å²) in [6.45, 7) is 6.03. The number of aliphatic carboxylic acids is 1. The molecule has 0 aliphatic rings. The van der Waals surface area contributed by atoms with Crippen molar-refractivity contribution in [2.24, 2.45) is 0 Å². The maximum atomic E-state index is 11.3. The Balaban J connectivity index is 1.20. The molecule has 0 aliphatic heterocycles. The van der Waals surface area contributed by atoms with Gasteiger partial charge < -0.3 is 19.5 Å². The quantitative estimate of drug-likeness (QED) is 0.0271. The Hall–Kier alpha value is -4.84. The third-order valence-corrected chi connectivity index (χ3v) is 13.6. The molecule has 0 bridgehead atoms. The Morgan fingerprint density at radius 2 is 0.919 bits per heavy atom. The summed E-state index contributed by atoms with van der Waals surface area (Å²) in [6, 6.07) is 35.4. The monoisotopic (exact) mass is 872 g/mol. The molecule has 5 rings (SSSR count). The third kappa shape index (κ3) is 16.5. The maximum Gasteiger partial charge on any atom is 0.346 e. The molecule has 0 fully saturated rings. The number of nitrogens with zero attached hydrogens (tertiary/aromatic N) is 2. The van der Waals surface area contributed by atoms with Crippen molar-refractivity contribution in [1.29, 1.82) is 5.26 Å². The predicted octanol–water partition coefficient (Wildman–Crippen LogP) is 17.2. The summed E-state index contributed by atoms with van der Waals surface area (Å²) in [5, 5.41) is 18.4. The molecule has 3 aromatic carbocycles. The molecule has 6 nitrogen and oxygen atoms in total. The van der Waals surface area contributed by atoms with Crippen LogP contribution in [-0.2, 0) is 4.79 Å². The molecule has 5 aromatic rings. The number of thiophene rings is 2. The van der Waals surface area contributed by atoms with Crippen LogP contribution in [0.1, 0.15) is 147 Å². The van der Waals surface area contributed by atoms with Crippen molar-refractivity contribution < 1.29 is 19.4 Å². The minimum Gasteiger partial charge on any atom is -0.494 e. The Kier molecular flexibility index (Phi) is 21.7. The highest BCUT2D eigenvalue weighted by atomic mass is 32.1. The van der Waals surface area contributed by atoms with E-state index in [-0.39, 0.29) is 5.57 Å². The van der Waals surface area contributed by atoms with Crippen LogP contribution in [0.5, 0.6) is 11.5 Å². The molecule has 0 saturated carbocycles. The van der Waals surface area contributed by atoms with Crippen LogP contribution in [0.4, 0.5) is 17.1 Å². The normalized spacial score (nSPS) is 11.4. The summed E-state index contributed by atoms with van der Waals surface area (Å²) in [5.74, 6) is 0.570. The Bertz CT molecular complexity index is 2010. The molecule has 0 saturated heterocycles. The zero-order valence-electron chi connectivity index (χ0n) is 37.3. The zero-order valence-corrected chi connectivity index (χ0v) is 38.9. The molecule has 62 heavy (non-hydrogen) atoms. The second-order valence-electron chi connectivity index (χ2n) is 16.3. The van der Waals surface area contributed by atoms with Crippen LogP contribution in [0, 0.1) is 11.3 Å². The number of carbonyl (C=O) groups is 1. The van der Waals surface area contributed by atoms with Crippen LogP contribution in [0.3, 0.4) is 0 Å². The van der Waals surface area contributed by atoms with E-state index in [0.29, 0.717) is 0 Å². The summed E-state index contributed by atoms with van der Waals surface area (Å²) in [4.78, 5) is 17.6. The van der Waals surface area contributed by atoms with Crippen LogP contribution in [0.15, 0.2) is 103 Å². The molecule has 0 amide bonds. The molecule has 1 N–H and O–H groups in total. The van der Waals surface area contributed by atoms with Gasteiger partial charge in [-0.25, -0.2) is 4.79 Å². The van der Waals surface area contributed by atoms with Gasteiger partial charge in [-0.3, -0.25) is 0 Å². The third-order valence-electron chi connectivity index (χ3n) is 11.2. The van der Waals surface area contributed by atoms with Crippen molar-refractivity contribution in [3.63, 3.8) is 0 Å². The minimum atomic E-state index is -1.22. The predicted molar refractivity (Wildman–Crippen MR) is 264 cm³/mol. The summed E-state index contributed by atoms with van der Waals surface area (Å²) in [6.07, 6.45) is 27.6. The molecule has 2 heterocycles. The average Bonchev–Trinajstić information content (AvgIpc) is 3.99. The van der Waals surface area contributed by atoms with Gasteiger partial charge in [0.15, 0.2) is 0 Å². The van der Waals surface area contributed by atoms with Crippen molar-refractivity contribution in [1.82, 2.24) is 0 Å². The smallest absolute Gasteiger partial charge is 0.346 e. The highest BCUT2D eigenvalue weighted by molar-refractivity contribution is 7.24. The number of carboxylic acid groups (broad SMARTS) is 1. The maximum absolute atomic E-state index is 11.3. The largest absolute Gasteiger partial charge is 0.494 e. The van der Waals surface area contributed by atoms with Gasteiger partial charge >= 0.3 is 5.97 Å². The van der Waals surface area contributed by atoms with Crippen LogP contribution in [-0.4, -0.2) is 24.3 Å². The van der Waals surface area contributed by atoms with E-state index in [2.05, 4.69) is 104 Å². The zero-order chi connectivity index (χ0) is 43.6. The molecule has 2 aromatic heterocycles. The minimum absolute atomic E-state index is 0.271. The molecule has 0 unspecified atom stereocenters. The van der Waals surface area contributed by atoms with Crippen LogP contribution in [0.25, 0.3) is 26.3 Å². The summed E-state index contributed by atoms with van der Waals surface area (Å²) >= 11 is 3.17. The first kappa shape index (κ1) is 48.2. The molecule has 0 aliphatic carbocycles. The van der Waals surface area contributed by atoms with Gasteiger partial charge in [0.2, 0.25) is 0 Å². The van der Waals surface area contributed by atoms with Gasteiger partial charge in [-0.2, -0.15) is 5.26 Å². The van der Waals surface area contributed by atoms with Crippen LogP contribution < -0.4 is 14.4 Å². The second kappa shape index (κ2) is 28.0. The number of ether oxygens (including phenoxy) is 2. The molecule has 0 radical (unpaired) electrons. The van der Waals surface area contributed by atoms with E-state index in [1.807, 2.05) is 12.1 Å². The number of hydrogen-bond donors (Lipinski definition) is 1. The van der Waals surface area contributed by atoms with E-state index in [4.69, 9.17) is 9.47 Å². The molecule has 0 spiro atoms. The van der Waals surface area contributed by atoms with E-state index in [1.54, 1.807) is 17.4 Å². The van der Waals surface area contributed by atoms with Gasteiger partial charge in [-0.1, -0.05) is 142 Å². The fourth-order valence-corrected chi connectivity index (χ4v) is 9.69. The van der Waals surface area contributed by atoms with Gasteiger partial charge in [0, 0.05) is 36.6 Å². The lowest BCUT2D eigenvalue weighted by Crippen LogP contribution is -2.10. The Morgan fingerprint density at radius 3 is 1.35 bits per heavy atom. The summed E-state index contributed by atoms with van der Waals surface area (Å²) < 4.78 is 12.4. The van der Waals surface area contributed by atoms with Gasteiger partial charge in [-0.15, -0.1) is 22.7 Å². The number of nitriles is 1. The standard InChI is InChI=1S/C54H68N2O4S2/c1-3-5-7-9-11-13-15-17-19-21-39-59-48-31-27-46(28-32-48)56(47-29-33-49(34-30-47)60-40-22-20-18-16-14-12-10-8-6-4-2)45-25-23-43(24-26-45)51-37-38-53(62-51)52-36-35-50(61-52)41-44(42-55)54(57)58/h23-38,41H,3-22,39-40H2,1-2H3,(H,57,58)/b44-41-. The number of carboxylic acids is 1. The Labute approximate surface area is 380 Å². The molecule has 330 valence electrons. The first-order valence-corrected chi connectivity index (χ1v) is 25.0. The van der Waals surface area contributed by atoms with Crippen molar-refractivity contribution >= 4 is 51.8 Å². The first-order valence-electron chi connectivity index (χ1n) is 23.4. The summed E-state index contributed by atoms with van der Waals surface area (Å²) in [7, 11) is 0. The lowest BCUT2D eigenvalue weighted by Gasteiger charge is -2.26. The summed E-state index contributed by atoms with van der Waals surface area (Å²) in [5.41, 5.74) is 3.99. The number of unbranched alkanes of at least 4 members (excludes halogenated alkanes) is 18. The number of rotatable bonds is 31. The second-order valence-corrected chi connectivity index (χ2v) is 18.5. The Morgan fingerprint density at radius 1 is 0.532 bits per heavy atom. The fourth-order valence-electron chi connectivity index (χ4n) is 7.64. The SMILES string of the molecule is CCCCCCCCCCCCOc1ccc(N(c2ccc(OCCCCCCCCCCCC)cc2)c2ccc(-c3ccc(-c4ccc(/C=C(/C#N)C(=O)O)s4)s3)cc2)cc1. The van der Waals surface area contributed by atoms with Crippen molar-refractivity contribution in [2.45, 2.75) is 142 Å². The van der Waals surface area contributed by atoms with Gasteiger partial charge in [-0.05, 0) is 109 Å². The van der Waals surface area contributed by atoms with Crippen molar-refractivity contribution in [2.75, 3.05) is 18.1 Å². The van der Waals surface area contributed by atoms with Crippen LogP contribution in [0.2, 0.25) is 0 Å². The van der Waals surface area contributed by atoms with E-state index < -0.39 is 5.97 Å². The topological polar surface area (TPSA) is 82.8 Å². The van der Waals surface area contributed by atoms with Crippen molar-refractivity contribution in [3.05, 3.63) is 108 Å². The van der Waals surface area contributed by atoms with Gasteiger partial charge in [0.25, 0.3) is 0 Å². The van der Waals surface area contributed by atoms with Gasteiger partial charge in [0.05, 0.1) is 13.2 Å². The molecular formula is C54H68N2O4S2. The highest BCUT2D eigenvalue weighted by Gasteiger charge is 2.15. The molecule has 0 atom stereocenters. The lowest BCUT2D eigenvalue weighted by molar-refractivity contribution is -0.132. The van der Waals surface area contributed by atoms with E-state index in [1.165, 1.54) is 133 Å². The number of anilines is 3. The molecular weight excluding hydrogens is 805 g/mol. The van der Waals surface area contributed by atoms with E-state index in [9.17, 15) is 15.2 Å². The van der Waals surface area contributed by atoms with Gasteiger partial charge in [0.1, 0.15) is 23.1 Å². The van der Waals surface area contributed by atoms with Crippen LogP contribution >= 0.6 is 22.7 Å². The molecule has 8 heteroatoms.